The zero-order valence-electron chi connectivity index (χ0n) is 6.79. The minimum absolute atomic E-state index is 0.655. The minimum atomic E-state index is 0.655. The summed E-state index contributed by atoms with van der Waals surface area (Å²) in [6.45, 7) is 0. The van der Waals surface area contributed by atoms with Gasteiger partial charge in [0.25, 0.3) is 0 Å². The molecule has 2 nitrogen and oxygen atoms in total. The summed E-state index contributed by atoms with van der Waals surface area (Å²) < 4.78 is 0. The van der Waals surface area contributed by atoms with Crippen LogP contribution in [-0.4, -0.2) is 10.9 Å². The lowest BCUT2D eigenvalue weighted by Gasteiger charge is -2.35. The van der Waals surface area contributed by atoms with Gasteiger partial charge in [-0.1, -0.05) is 24.4 Å². The summed E-state index contributed by atoms with van der Waals surface area (Å²) in [4.78, 5) is 0. The van der Waals surface area contributed by atoms with E-state index in [2.05, 4.69) is 5.16 Å². The van der Waals surface area contributed by atoms with Gasteiger partial charge in [0.15, 0.2) is 0 Å². The molecule has 0 amide bonds. The van der Waals surface area contributed by atoms with E-state index in [1.165, 1.54) is 32.1 Å². The number of nitrogens with zero attached hydrogens (tertiary/aromatic N) is 1. The van der Waals surface area contributed by atoms with Gasteiger partial charge in [-0.05, 0) is 25.2 Å². The molecule has 0 saturated heterocycles. The van der Waals surface area contributed by atoms with Crippen LogP contribution in [0.2, 0.25) is 0 Å². The molecule has 2 aliphatic rings. The normalized spacial score (nSPS) is 40.9. The average Bonchev–Trinajstić information content (AvgIpc) is 2.15. The van der Waals surface area contributed by atoms with Crippen LogP contribution >= 0.6 is 0 Å². The van der Waals surface area contributed by atoms with Gasteiger partial charge in [0.1, 0.15) is 0 Å². The number of oxime groups is 1. The molecule has 2 atom stereocenters. The van der Waals surface area contributed by atoms with Gasteiger partial charge in [0.05, 0.1) is 5.71 Å². The Labute approximate surface area is 67.3 Å². The Hall–Kier alpha value is -0.530. The lowest BCUT2D eigenvalue weighted by molar-refractivity contribution is 0.273. The Morgan fingerprint density at radius 3 is 2.82 bits per heavy atom. The highest BCUT2D eigenvalue weighted by molar-refractivity contribution is 5.92. The largest absolute Gasteiger partial charge is 0.411 e. The van der Waals surface area contributed by atoms with Crippen molar-refractivity contribution in [2.75, 3.05) is 0 Å². The number of rotatable bonds is 0. The summed E-state index contributed by atoms with van der Waals surface area (Å²) in [6.07, 6.45) is 7.81. The van der Waals surface area contributed by atoms with E-state index in [1.807, 2.05) is 0 Å². The number of hydrogen-bond donors (Lipinski definition) is 1. The highest BCUT2D eigenvalue weighted by Crippen LogP contribution is 2.41. The maximum absolute atomic E-state index is 8.60. The second kappa shape index (κ2) is 2.84. The number of fused-ring (bicyclic) bond motifs is 1. The summed E-state index contributed by atoms with van der Waals surface area (Å²) in [6, 6.07) is 0. The first kappa shape index (κ1) is 7.14. The van der Waals surface area contributed by atoms with Crippen molar-refractivity contribution in [1.82, 2.24) is 0 Å². The third-order valence-electron chi connectivity index (χ3n) is 3.19. The van der Waals surface area contributed by atoms with Crippen LogP contribution in [0, 0.1) is 11.8 Å². The van der Waals surface area contributed by atoms with E-state index in [0.717, 1.165) is 18.1 Å². The molecular weight excluding hydrogens is 138 g/mol. The second-order valence-corrected chi connectivity index (χ2v) is 3.80. The van der Waals surface area contributed by atoms with E-state index in [0.29, 0.717) is 5.92 Å². The lowest BCUT2D eigenvalue weighted by atomic mass is 9.69. The second-order valence-electron chi connectivity index (χ2n) is 3.80. The topological polar surface area (TPSA) is 32.6 Å². The summed E-state index contributed by atoms with van der Waals surface area (Å²) in [5, 5.41) is 11.9. The number of hydrogen-bond acceptors (Lipinski definition) is 2. The van der Waals surface area contributed by atoms with Gasteiger partial charge in [-0.3, -0.25) is 0 Å². The summed E-state index contributed by atoms with van der Waals surface area (Å²) >= 11 is 0. The molecule has 2 aliphatic carbocycles. The first-order valence-corrected chi connectivity index (χ1v) is 4.62. The quantitative estimate of drug-likeness (QED) is 0.420. The first-order valence-electron chi connectivity index (χ1n) is 4.62. The Morgan fingerprint density at radius 1 is 1.18 bits per heavy atom. The predicted octanol–water partition coefficient (Wildman–Crippen LogP) is 2.42. The molecule has 2 saturated carbocycles. The molecule has 0 bridgehead atoms. The SMILES string of the molecule is ON=C1C[C@H]2CCCCC[C@@H]12. The van der Waals surface area contributed by atoms with E-state index in [-0.39, 0.29) is 0 Å². The molecule has 0 aromatic heterocycles. The average molecular weight is 153 g/mol. The van der Waals surface area contributed by atoms with Crippen LogP contribution in [0.1, 0.15) is 38.5 Å². The molecule has 62 valence electrons. The molecule has 0 aromatic carbocycles. The molecule has 2 fully saturated rings. The van der Waals surface area contributed by atoms with Gasteiger partial charge >= 0.3 is 0 Å². The molecule has 1 N–H and O–H groups in total. The predicted molar refractivity (Wildman–Crippen MR) is 43.9 cm³/mol. The molecule has 0 spiro atoms. The highest BCUT2D eigenvalue weighted by atomic mass is 16.4. The van der Waals surface area contributed by atoms with Crippen molar-refractivity contribution < 1.29 is 5.21 Å². The minimum Gasteiger partial charge on any atom is -0.411 e. The first-order chi connectivity index (χ1) is 5.42. The molecule has 11 heavy (non-hydrogen) atoms. The summed E-state index contributed by atoms with van der Waals surface area (Å²) in [5.74, 6) is 1.52. The highest BCUT2D eigenvalue weighted by Gasteiger charge is 2.37. The van der Waals surface area contributed by atoms with Crippen molar-refractivity contribution in [1.29, 1.82) is 0 Å². The maximum Gasteiger partial charge on any atom is 0.0607 e. The molecule has 0 radical (unpaired) electrons. The van der Waals surface area contributed by atoms with E-state index in [4.69, 9.17) is 5.21 Å². The van der Waals surface area contributed by atoms with Crippen LogP contribution in [0.25, 0.3) is 0 Å². The Balaban J connectivity index is 2.00. The van der Waals surface area contributed by atoms with Crippen molar-refractivity contribution in [3.05, 3.63) is 0 Å². The Morgan fingerprint density at radius 2 is 2.00 bits per heavy atom. The van der Waals surface area contributed by atoms with E-state index in [1.54, 1.807) is 0 Å². The monoisotopic (exact) mass is 153 g/mol. The van der Waals surface area contributed by atoms with Crippen molar-refractivity contribution >= 4 is 5.71 Å². The third-order valence-corrected chi connectivity index (χ3v) is 3.19. The van der Waals surface area contributed by atoms with Gasteiger partial charge < -0.3 is 5.21 Å². The van der Waals surface area contributed by atoms with Crippen molar-refractivity contribution in [2.45, 2.75) is 38.5 Å². The van der Waals surface area contributed by atoms with E-state index in [9.17, 15) is 0 Å². The molecule has 0 heterocycles. The fourth-order valence-electron chi connectivity index (χ4n) is 2.44. The smallest absolute Gasteiger partial charge is 0.0607 e. The van der Waals surface area contributed by atoms with Crippen molar-refractivity contribution in [3.63, 3.8) is 0 Å². The Kier molecular flexibility index (Phi) is 1.84. The standard InChI is InChI=1S/C9H15NO/c11-10-9-6-7-4-2-1-3-5-8(7)9/h7-8,11H,1-6H2/t7-,8-/m1/s1. The molecule has 0 unspecified atom stereocenters. The van der Waals surface area contributed by atoms with Gasteiger partial charge in [-0.15, -0.1) is 0 Å². The van der Waals surface area contributed by atoms with Crippen molar-refractivity contribution in [2.24, 2.45) is 17.0 Å². The maximum atomic E-state index is 8.60. The van der Waals surface area contributed by atoms with E-state index < -0.39 is 0 Å². The summed E-state index contributed by atoms with van der Waals surface area (Å²) in [5.41, 5.74) is 1.07. The fraction of sp³-hybridized carbons (Fsp3) is 0.889. The van der Waals surface area contributed by atoms with Crippen LogP contribution in [0.4, 0.5) is 0 Å². The van der Waals surface area contributed by atoms with Gasteiger partial charge in [0, 0.05) is 5.92 Å². The van der Waals surface area contributed by atoms with Crippen LogP contribution in [0.3, 0.4) is 0 Å². The third kappa shape index (κ3) is 1.15. The molecular formula is C9H15NO. The van der Waals surface area contributed by atoms with Crippen LogP contribution < -0.4 is 0 Å². The fourth-order valence-corrected chi connectivity index (χ4v) is 2.44. The van der Waals surface area contributed by atoms with Gasteiger partial charge in [-0.2, -0.15) is 0 Å². The van der Waals surface area contributed by atoms with Crippen molar-refractivity contribution in [3.8, 4) is 0 Å². The summed E-state index contributed by atoms with van der Waals surface area (Å²) in [7, 11) is 0. The van der Waals surface area contributed by atoms with Gasteiger partial charge in [0.2, 0.25) is 0 Å². The molecule has 0 aliphatic heterocycles. The van der Waals surface area contributed by atoms with Gasteiger partial charge in [-0.25, -0.2) is 0 Å². The molecule has 2 heteroatoms. The van der Waals surface area contributed by atoms with Crippen LogP contribution in [-0.2, 0) is 0 Å². The van der Waals surface area contributed by atoms with E-state index >= 15 is 0 Å². The zero-order valence-corrected chi connectivity index (χ0v) is 6.79. The zero-order chi connectivity index (χ0) is 7.68. The lowest BCUT2D eigenvalue weighted by Crippen LogP contribution is -2.36. The molecule has 2 rings (SSSR count). The Bertz CT molecular complexity index is 176. The van der Waals surface area contributed by atoms with Crippen LogP contribution in [0.15, 0.2) is 5.16 Å². The van der Waals surface area contributed by atoms with Crippen LogP contribution in [0.5, 0.6) is 0 Å². The molecule has 0 aromatic rings.